The standard InChI is InChI=1S/C26H43N7O6/c1-5-15(4)21(25(38)39)33-22(35)18(7-6-12-30-26(28)29)31-23(36)19(32-24(37)20(27)14(2)3)13-16-8-10-17(34)11-9-16/h8-11,14-15,18-21,34H,5-7,12-13,27H2,1-4H3,(H,31,36)(H,32,37)(H,33,35)(H,38,39)(H4,28,29,30). The average Bonchev–Trinajstić information content (AvgIpc) is 2.88. The van der Waals surface area contributed by atoms with Crippen LogP contribution in [-0.4, -0.2) is 70.6 Å². The number of benzene rings is 1. The number of nitrogens with one attached hydrogen (secondary N) is 3. The third-order valence-electron chi connectivity index (χ3n) is 6.39. The summed E-state index contributed by atoms with van der Waals surface area (Å²) in [5.41, 5.74) is 17.3. The number of guanidine groups is 1. The van der Waals surface area contributed by atoms with Gasteiger partial charge in [-0.05, 0) is 42.4 Å². The molecule has 1 aromatic carbocycles. The highest BCUT2D eigenvalue weighted by molar-refractivity contribution is 5.94. The Labute approximate surface area is 229 Å². The normalized spacial score (nSPS) is 14.8. The fourth-order valence-electron chi connectivity index (χ4n) is 3.63. The number of aliphatic imine (C=N–C) groups is 1. The van der Waals surface area contributed by atoms with Crippen molar-refractivity contribution in [2.45, 2.75) is 77.5 Å². The molecule has 1 rings (SSSR count). The quantitative estimate of drug-likeness (QED) is 0.0756. The molecule has 11 N–H and O–H groups in total. The zero-order valence-corrected chi connectivity index (χ0v) is 23.0. The number of hydrogen-bond donors (Lipinski definition) is 8. The van der Waals surface area contributed by atoms with Crippen LogP contribution in [0.25, 0.3) is 0 Å². The zero-order valence-electron chi connectivity index (χ0n) is 23.0. The Morgan fingerprint density at radius 2 is 1.49 bits per heavy atom. The number of rotatable bonds is 16. The van der Waals surface area contributed by atoms with Crippen molar-refractivity contribution in [2.24, 2.45) is 34.0 Å². The maximum Gasteiger partial charge on any atom is 0.326 e. The summed E-state index contributed by atoms with van der Waals surface area (Å²) in [6, 6.07) is 1.85. The number of hydrogen-bond acceptors (Lipinski definition) is 7. The average molecular weight is 550 g/mol. The molecule has 0 fully saturated rings. The van der Waals surface area contributed by atoms with Crippen LogP contribution in [0, 0.1) is 11.8 Å². The van der Waals surface area contributed by atoms with Crippen LogP contribution >= 0.6 is 0 Å². The first-order chi connectivity index (χ1) is 18.3. The number of carbonyl (C=O) groups is 4. The molecule has 0 saturated heterocycles. The van der Waals surface area contributed by atoms with Gasteiger partial charge in [0.1, 0.15) is 23.9 Å². The van der Waals surface area contributed by atoms with E-state index in [1.54, 1.807) is 39.8 Å². The van der Waals surface area contributed by atoms with Gasteiger partial charge in [-0.2, -0.15) is 0 Å². The van der Waals surface area contributed by atoms with Crippen molar-refractivity contribution in [1.29, 1.82) is 0 Å². The molecule has 218 valence electrons. The summed E-state index contributed by atoms with van der Waals surface area (Å²) < 4.78 is 0. The van der Waals surface area contributed by atoms with Gasteiger partial charge in [0.25, 0.3) is 0 Å². The van der Waals surface area contributed by atoms with Gasteiger partial charge < -0.3 is 43.4 Å². The van der Waals surface area contributed by atoms with Crippen LogP contribution in [0.15, 0.2) is 29.3 Å². The van der Waals surface area contributed by atoms with Crippen molar-refractivity contribution in [3.8, 4) is 5.75 Å². The Morgan fingerprint density at radius 1 is 0.923 bits per heavy atom. The molecule has 3 amide bonds. The maximum absolute atomic E-state index is 13.4. The monoisotopic (exact) mass is 549 g/mol. The predicted octanol–water partition coefficient (Wildman–Crippen LogP) is -0.443. The first-order valence-corrected chi connectivity index (χ1v) is 13.0. The number of aliphatic carboxylic acids is 1. The molecule has 0 aliphatic rings. The van der Waals surface area contributed by atoms with Gasteiger partial charge in [-0.15, -0.1) is 0 Å². The SMILES string of the molecule is CCC(C)C(NC(=O)C(CCCN=C(N)N)NC(=O)C(Cc1ccc(O)cc1)NC(=O)C(N)C(C)C)C(=O)O. The lowest BCUT2D eigenvalue weighted by Gasteiger charge is -2.27. The van der Waals surface area contributed by atoms with Gasteiger partial charge in [-0.1, -0.05) is 46.2 Å². The molecule has 0 radical (unpaired) electrons. The van der Waals surface area contributed by atoms with E-state index in [1.807, 2.05) is 0 Å². The molecule has 13 nitrogen and oxygen atoms in total. The summed E-state index contributed by atoms with van der Waals surface area (Å²) in [4.78, 5) is 55.0. The summed E-state index contributed by atoms with van der Waals surface area (Å²) in [6.45, 7) is 7.23. The van der Waals surface area contributed by atoms with E-state index in [0.29, 0.717) is 18.4 Å². The van der Waals surface area contributed by atoms with Crippen LogP contribution in [0.3, 0.4) is 0 Å². The number of nitrogens with zero attached hydrogens (tertiary/aromatic N) is 1. The highest BCUT2D eigenvalue weighted by Crippen LogP contribution is 2.13. The molecule has 0 spiro atoms. The van der Waals surface area contributed by atoms with Crippen LogP contribution in [0.5, 0.6) is 5.75 Å². The van der Waals surface area contributed by atoms with Gasteiger partial charge in [0.2, 0.25) is 17.7 Å². The number of phenolic OH excluding ortho intramolecular Hbond substituents is 1. The van der Waals surface area contributed by atoms with Crippen LogP contribution in [0.1, 0.15) is 52.5 Å². The van der Waals surface area contributed by atoms with Crippen molar-refractivity contribution in [3.05, 3.63) is 29.8 Å². The molecular weight excluding hydrogens is 506 g/mol. The van der Waals surface area contributed by atoms with Crippen molar-refractivity contribution in [1.82, 2.24) is 16.0 Å². The Balaban J connectivity index is 3.21. The fraction of sp³-hybridized carbons (Fsp3) is 0.577. The molecule has 13 heteroatoms. The lowest BCUT2D eigenvalue weighted by atomic mass is 9.98. The van der Waals surface area contributed by atoms with Crippen LogP contribution in [0.4, 0.5) is 0 Å². The molecule has 5 unspecified atom stereocenters. The molecule has 5 atom stereocenters. The highest BCUT2D eigenvalue weighted by Gasteiger charge is 2.32. The maximum atomic E-state index is 13.4. The summed E-state index contributed by atoms with van der Waals surface area (Å²) in [6.07, 6.45) is 0.975. The van der Waals surface area contributed by atoms with Gasteiger partial charge in [0.15, 0.2) is 5.96 Å². The number of amides is 3. The molecule has 1 aromatic rings. The van der Waals surface area contributed by atoms with Crippen molar-refractivity contribution in [3.63, 3.8) is 0 Å². The number of phenols is 1. The molecule has 0 bridgehead atoms. The van der Waals surface area contributed by atoms with Gasteiger partial charge >= 0.3 is 5.97 Å². The van der Waals surface area contributed by atoms with Crippen molar-refractivity contribution >= 4 is 29.7 Å². The minimum Gasteiger partial charge on any atom is -0.508 e. The lowest BCUT2D eigenvalue weighted by molar-refractivity contribution is -0.144. The second kappa shape index (κ2) is 16.2. The van der Waals surface area contributed by atoms with Gasteiger partial charge in [-0.25, -0.2) is 4.79 Å². The van der Waals surface area contributed by atoms with Crippen molar-refractivity contribution < 1.29 is 29.4 Å². The number of carboxylic acids is 1. The van der Waals surface area contributed by atoms with E-state index in [-0.39, 0.29) is 42.9 Å². The molecule has 0 aliphatic carbocycles. The Hall–Kier alpha value is -3.87. The molecule has 0 saturated carbocycles. The molecule has 0 heterocycles. The second-order valence-corrected chi connectivity index (χ2v) is 9.92. The smallest absolute Gasteiger partial charge is 0.326 e. The zero-order chi connectivity index (χ0) is 29.7. The van der Waals surface area contributed by atoms with Crippen LogP contribution < -0.4 is 33.2 Å². The van der Waals surface area contributed by atoms with Crippen molar-refractivity contribution in [2.75, 3.05) is 6.54 Å². The first-order valence-electron chi connectivity index (χ1n) is 13.0. The van der Waals surface area contributed by atoms with E-state index in [2.05, 4.69) is 20.9 Å². The second-order valence-electron chi connectivity index (χ2n) is 9.92. The number of nitrogens with two attached hydrogens (primary N) is 3. The minimum atomic E-state index is -1.19. The van der Waals surface area contributed by atoms with Gasteiger partial charge in [0.05, 0.1) is 6.04 Å². The summed E-state index contributed by atoms with van der Waals surface area (Å²) in [5, 5.41) is 27.0. The topological polar surface area (TPSA) is 235 Å². The van der Waals surface area contributed by atoms with Gasteiger partial charge in [0, 0.05) is 13.0 Å². The summed E-state index contributed by atoms with van der Waals surface area (Å²) >= 11 is 0. The third-order valence-corrected chi connectivity index (χ3v) is 6.39. The Morgan fingerprint density at radius 3 is 2.00 bits per heavy atom. The van der Waals surface area contributed by atoms with Crippen LogP contribution in [0.2, 0.25) is 0 Å². The highest BCUT2D eigenvalue weighted by atomic mass is 16.4. The number of carbonyl (C=O) groups excluding carboxylic acids is 3. The fourth-order valence-corrected chi connectivity index (χ4v) is 3.63. The van der Waals surface area contributed by atoms with E-state index in [0.717, 1.165) is 0 Å². The number of aromatic hydroxyl groups is 1. The first kappa shape index (κ1) is 33.2. The molecule has 39 heavy (non-hydrogen) atoms. The van der Waals surface area contributed by atoms with Crippen LogP contribution in [-0.2, 0) is 25.6 Å². The van der Waals surface area contributed by atoms with E-state index >= 15 is 0 Å². The minimum absolute atomic E-state index is 0.0393. The Bertz CT molecular complexity index is 995. The van der Waals surface area contributed by atoms with E-state index in [9.17, 15) is 29.4 Å². The third kappa shape index (κ3) is 11.6. The van der Waals surface area contributed by atoms with Gasteiger partial charge in [-0.3, -0.25) is 19.4 Å². The number of carboxylic acid groups (broad SMARTS) is 1. The largest absolute Gasteiger partial charge is 0.508 e. The molecule has 0 aromatic heterocycles. The molecular formula is C26H43N7O6. The molecule has 0 aliphatic heterocycles. The summed E-state index contributed by atoms with van der Waals surface area (Å²) in [5.74, 6) is -3.71. The Kier molecular flexibility index (Phi) is 13.7. The van der Waals surface area contributed by atoms with E-state index in [4.69, 9.17) is 17.2 Å². The summed E-state index contributed by atoms with van der Waals surface area (Å²) in [7, 11) is 0. The van der Waals surface area contributed by atoms with E-state index in [1.165, 1.54) is 12.1 Å². The predicted molar refractivity (Wildman–Crippen MR) is 147 cm³/mol. The van der Waals surface area contributed by atoms with E-state index < -0.39 is 47.9 Å². The lowest BCUT2D eigenvalue weighted by Crippen LogP contribution is -2.58.